The summed E-state index contributed by atoms with van der Waals surface area (Å²) in [5.74, 6) is 2.82. The highest BCUT2D eigenvalue weighted by Crippen LogP contribution is 2.36. The zero-order valence-corrected chi connectivity index (χ0v) is 16.8. The molecule has 1 aliphatic carbocycles. The van der Waals surface area contributed by atoms with Crippen LogP contribution in [-0.4, -0.2) is 23.2 Å². The molecule has 0 fully saturated rings. The summed E-state index contributed by atoms with van der Waals surface area (Å²) in [6.45, 7) is 5.40. The van der Waals surface area contributed by atoms with Gasteiger partial charge in [-0.15, -0.1) is 11.3 Å². The molecule has 2 aliphatic rings. The van der Waals surface area contributed by atoms with Gasteiger partial charge in [0.15, 0.2) is 11.5 Å². The van der Waals surface area contributed by atoms with Crippen LogP contribution in [0.15, 0.2) is 23.0 Å². The fourth-order valence-electron chi connectivity index (χ4n) is 4.02. The highest BCUT2D eigenvalue weighted by molar-refractivity contribution is 7.18. The van der Waals surface area contributed by atoms with Crippen molar-refractivity contribution in [1.82, 2.24) is 9.97 Å². The van der Waals surface area contributed by atoms with Gasteiger partial charge in [-0.05, 0) is 49.8 Å². The number of ether oxygens (including phenoxy) is 2. The minimum atomic E-state index is -0.141. The van der Waals surface area contributed by atoms with E-state index in [1.54, 1.807) is 11.3 Å². The fourth-order valence-corrected chi connectivity index (χ4v) is 5.41. The maximum Gasteiger partial charge on any atom is 0.259 e. The standard InChI is InChI=1S/C21H23N3O3S/c1-11-3-5-14-17(9-11)28-21-18(14)20(25)23-19(24-21)12(2)22-13-4-6-15-16(10-13)27-8-7-26-15/h4,6,10-12,22H,3,5,7-9H2,1-2H3,(H,23,24,25)/t11-,12+/m1/s1. The Morgan fingerprint density at radius 2 is 2.11 bits per heavy atom. The van der Waals surface area contributed by atoms with E-state index in [1.165, 1.54) is 10.4 Å². The van der Waals surface area contributed by atoms with Crippen LogP contribution >= 0.6 is 11.3 Å². The average molecular weight is 398 g/mol. The lowest BCUT2D eigenvalue weighted by atomic mass is 9.89. The summed E-state index contributed by atoms with van der Waals surface area (Å²) in [6, 6.07) is 5.63. The number of H-pyrrole nitrogens is 1. The normalized spacial score (nSPS) is 19.3. The van der Waals surface area contributed by atoms with Crippen molar-refractivity contribution in [3.05, 3.63) is 44.8 Å². The Bertz CT molecular complexity index is 1100. The molecule has 0 saturated carbocycles. The molecule has 7 heteroatoms. The van der Waals surface area contributed by atoms with Crippen LogP contribution in [0.5, 0.6) is 11.5 Å². The van der Waals surface area contributed by atoms with Crippen molar-refractivity contribution >= 4 is 27.2 Å². The van der Waals surface area contributed by atoms with E-state index in [1.807, 2.05) is 25.1 Å². The van der Waals surface area contributed by atoms with Crippen LogP contribution in [0, 0.1) is 5.92 Å². The van der Waals surface area contributed by atoms with Gasteiger partial charge in [0, 0.05) is 16.6 Å². The number of hydrogen-bond donors (Lipinski definition) is 2. The van der Waals surface area contributed by atoms with E-state index in [0.717, 1.165) is 46.7 Å². The molecule has 1 aromatic carbocycles. The molecule has 6 nitrogen and oxygen atoms in total. The molecular formula is C21H23N3O3S. The lowest BCUT2D eigenvalue weighted by Gasteiger charge is -2.20. The third-order valence-corrected chi connectivity index (χ3v) is 6.67. The third kappa shape index (κ3) is 3.03. The van der Waals surface area contributed by atoms with Gasteiger partial charge in [0.25, 0.3) is 5.56 Å². The molecule has 28 heavy (non-hydrogen) atoms. The zero-order chi connectivity index (χ0) is 19.3. The first-order valence-corrected chi connectivity index (χ1v) is 10.6. The molecule has 5 rings (SSSR count). The van der Waals surface area contributed by atoms with Gasteiger partial charge in [-0.25, -0.2) is 4.98 Å². The van der Waals surface area contributed by atoms with Crippen LogP contribution in [0.2, 0.25) is 0 Å². The van der Waals surface area contributed by atoms with Crippen LogP contribution in [0.3, 0.4) is 0 Å². The van der Waals surface area contributed by atoms with E-state index in [-0.39, 0.29) is 11.6 Å². The number of aromatic amines is 1. The second-order valence-electron chi connectivity index (χ2n) is 7.71. The van der Waals surface area contributed by atoms with E-state index in [0.29, 0.717) is 25.0 Å². The SMILES string of the molecule is C[C@@H]1CCc2c(sc3nc([C@H](C)Nc4ccc5c(c4)OCCO5)[nH]c(=O)c23)C1. The molecule has 0 unspecified atom stereocenters. The summed E-state index contributed by atoms with van der Waals surface area (Å²) < 4.78 is 11.2. The minimum Gasteiger partial charge on any atom is -0.486 e. The molecule has 2 aromatic heterocycles. The van der Waals surface area contributed by atoms with Crippen molar-refractivity contribution in [2.24, 2.45) is 5.92 Å². The number of fused-ring (bicyclic) bond motifs is 4. The molecule has 3 aromatic rings. The molecule has 0 spiro atoms. The van der Waals surface area contributed by atoms with Gasteiger partial charge in [-0.3, -0.25) is 4.79 Å². The lowest BCUT2D eigenvalue weighted by Crippen LogP contribution is -2.19. The summed E-state index contributed by atoms with van der Waals surface area (Å²) in [6.07, 6.45) is 3.17. The zero-order valence-electron chi connectivity index (χ0n) is 16.0. The van der Waals surface area contributed by atoms with Gasteiger partial charge in [0.2, 0.25) is 0 Å². The number of nitrogens with one attached hydrogen (secondary N) is 2. The first-order valence-electron chi connectivity index (χ1n) is 9.79. The molecule has 146 valence electrons. The van der Waals surface area contributed by atoms with E-state index < -0.39 is 0 Å². The number of nitrogens with zero attached hydrogens (tertiary/aromatic N) is 1. The Hall–Kier alpha value is -2.54. The number of benzene rings is 1. The summed E-state index contributed by atoms with van der Waals surface area (Å²) in [4.78, 5) is 22.8. The molecule has 2 N–H and O–H groups in total. The van der Waals surface area contributed by atoms with Gasteiger partial charge in [-0.1, -0.05) is 6.92 Å². The van der Waals surface area contributed by atoms with Crippen LogP contribution in [0.4, 0.5) is 5.69 Å². The average Bonchev–Trinajstić information content (AvgIpc) is 3.05. The third-order valence-electron chi connectivity index (χ3n) is 5.52. The summed E-state index contributed by atoms with van der Waals surface area (Å²) in [5, 5.41) is 4.20. The number of rotatable bonds is 3. The van der Waals surface area contributed by atoms with Crippen molar-refractivity contribution < 1.29 is 9.47 Å². The van der Waals surface area contributed by atoms with E-state index in [4.69, 9.17) is 14.5 Å². The fraction of sp³-hybridized carbons (Fsp3) is 0.429. The number of anilines is 1. The highest BCUT2D eigenvalue weighted by Gasteiger charge is 2.24. The Kier molecular flexibility index (Phi) is 4.27. The number of hydrogen-bond acceptors (Lipinski definition) is 6. The van der Waals surface area contributed by atoms with Gasteiger partial charge in [0.05, 0.1) is 11.4 Å². The Morgan fingerprint density at radius 3 is 2.96 bits per heavy atom. The number of aromatic nitrogens is 2. The summed E-state index contributed by atoms with van der Waals surface area (Å²) in [7, 11) is 0. The lowest BCUT2D eigenvalue weighted by molar-refractivity contribution is 0.171. The van der Waals surface area contributed by atoms with Crippen LogP contribution < -0.4 is 20.3 Å². The second kappa shape index (κ2) is 6.81. The Labute approximate surface area is 166 Å². The molecule has 0 amide bonds. The van der Waals surface area contributed by atoms with Crippen molar-refractivity contribution in [2.75, 3.05) is 18.5 Å². The first-order chi connectivity index (χ1) is 13.6. The molecule has 1 aliphatic heterocycles. The quantitative estimate of drug-likeness (QED) is 0.697. The van der Waals surface area contributed by atoms with E-state index in [9.17, 15) is 4.79 Å². The predicted molar refractivity (Wildman–Crippen MR) is 111 cm³/mol. The number of aryl methyl sites for hydroxylation is 1. The van der Waals surface area contributed by atoms with Crippen molar-refractivity contribution in [2.45, 2.75) is 39.2 Å². The van der Waals surface area contributed by atoms with Crippen LogP contribution in [0.1, 0.15) is 42.6 Å². The molecular weight excluding hydrogens is 374 g/mol. The van der Waals surface area contributed by atoms with Gasteiger partial charge >= 0.3 is 0 Å². The summed E-state index contributed by atoms with van der Waals surface area (Å²) >= 11 is 1.68. The van der Waals surface area contributed by atoms with Crippen LogP contribution in [0.25, 0.3) is 10.2 Å². The maximum absolute atomic E-state index is 12.8. The molecule has 0 radical (unpaired) electrons. The monoisotopic (exact) mass is 397 g/mol. The molecule has 3 heterocycles. The Balaban J connectivity index is 1.45. The predicted octanol–water partition coefficient (Wildman–Crippen LogP) is 4.05. The maximum atomic E-state index is 12.8. The van der Waals surface area contributed by atoms with Crippen molar-refractivity contribution in [3.8, 4) is 11.5 Å². The minimum absolute atomic E-state index is 0.0251. The van der Waals surface area contributed by atoms with Crippen LogP contribution in [-0.2, 0) is 12.8 Å². The van der Waals surface area contributed by atoms with E-state index in [2.05, 4.69) is 17.2 Å². The van der Waals surface area contributed by atoms with E-state index >= 15 is 0 Å². The van der Waals surface area contributed by atoms with Gasteiger partial charge in [-0.2, -0.15) is 0 Å². The Morgan fingerprint density at radius 1 is 1.29 bits per heavy atom. The summed E-state index contributed by atoms with van der Waals surface area (Å²) in [5.41, 5.74) is 2.09. The molecule has 0 bridgehead atoms. The second-order valence-corrected chi connectivity index (χ2v) is 8.79. The molecule has 2 atom stereocenters. The largest absolute Gasteiger partial charge is 0.486 e. The molecule has 0 saturated heterocycles. The van der Waals surface area contributed by atoms with Crippen molar-refractivity contribution in [1.29, 1.82) is 0 Å². The van der Waals surface area contributed by atoms with Gasteiger partial charge in [0.1, 0.15) is 23.9 Å². The topological polar surface area (TPSA) is 76.2 Å². The van der Waals surface area contributed by atoms with Gasteiger partial charge < -0.3 is 19.8 Å². The first kappa shape index (κ1) is 17.6. The van der Waals surface area contributed by atoms with Crippen molar-refractivity contribution in [3.63, 3.8) is 0 Å². The smallest absolute Gasteiger partial charge is 0.259 e. The number of thiophene rings is 1. The highest BCUT2D eigenvalue weighted by atomic mass is 32.1.